The predicted molar refractivity (Wildman–Crippen MR) is 140 cm³/mol. The van der Waals surface area contributed by atoms with Crippen LogP contribution in [0.5, 0.6) is 5.75 Å². The van der Waals surface area contributed by atoms with Gasteiger partial charge in [-0.3, -0.25) is 14.4 Å². The molecular formula is C30H36O7. The van der Waals surface area contributed by atoms with Crippen LogP contribution in [0.1, 0.15) is 71.6 Å². The van der Waals surface area contributed by atoms with Crippen molar-refractivity contribution in [1.29, 1.82) is 0 Å². The quantitative estimate of drug-likeness (QED) is 0.427. The van der Waals surface area contributed by atoms with Crippen molar-refractivity contribution in [1.82, 2.24) is 0 Å². The van der Waals surface area contributed by atoms with Gasteiger partial charge in [-0.25, -0.2) is 0 Å². The van der Waals surface area contributed by atoms with Crippen LogP contribution >= 0.6 is 0 Å². The van der Waals surface area contributed by atoms with Crippen LogP contribution in [0.2, 0.25) is 0 Å². The molecule has 1 aromatic rings. The number of phenolic OH excluding ortho intramolecular Hbond substituents is 1. The smallest absolute Gasteiger partial charge is 0.203 e. The van der Waals surface area contributed by atoms with Gasteiger partial charge in [-0.2, -0.15) is 0 Å². The minimum absolute atomic E-state index is 0.0636. The zero-order valence-electron chi connectivity index (χ0n) is 22.5. The van der Waals surface area contributed by atoms with Gasteiger partial charge in [-0.05, 0) is 54.4 Å². The number of benzene rings is 1. The Labute approximate surface area is 217 Å². The number of hydrogen-bond acceptors (Lipinski definition) is 7. The van der Waals surface area contributed by atoms with Gasteiger partial charge in [-0.15, -0.1) is 0 Å². The molecule has 1 saturated carbocycles. The molecule has 0 amide bonds. The standard InChI is InChI=1S/C30H36O7/c1-13(2)15(5)17-9-10-19(32)21-18(17)11-28(7)12-29(8)22(14(3)4)24(33)20(16(6)31)26(35)30(29,37)27(36)23(28)25(21)34/h9-10,13-14,22,32,34-35,37H,5,11-12H2,1-4,6-8H3/t22?,28-,29-,30+/m1/s1. The maximum absolute atomic E-state index is 14.3. The number of aliphatic hydroxyl groups excluding tert-OH is 2. The summed E-state index contributed by atoms with van der Waals surface area (Å²) in [4.78, 5) is 40.2. The first-order valence-corrected chi connectivity index (χ1v) is 12.7. The molecule has 37 heavy (non-hydrogen) atoms. The average Bonchev–Trinajstić information content (AvgIpc) is 2.75. The third-order valence-corrected chi connectivity index (χ3v) is 8.93. The summed E-state index contributed by atoms with van der Waals surface area (Å²) in [6, 6.07) is 3.18. The normalized spacial score (nSPS) is 31.5. The Hall–Kier alpha value is -3.19. The summed E-state index contributed by atoms with van der Waals surface area (Å²) in [5, 5.41) is 45.5. The first-order valence-electron chi connectivity index (χ1n) is 12.7. The summed E-state index contributed by atoms with van der Waals surface area (Å²) in [5.74, 6) is -5.19. The lowest BCUT2D eigenvalue weighted by Crippen LogP contribution is -2.69. The molecule has 4 atom stereocenters. The lowest BCUT2D eigenvalue weighted by Gasteiger charge is -2.59. The van der Waals surface area contributed by atoms with E-state index in [1.807, 2.05) is 13.8 Å². The summed E-state index contributed by atoms with van der Waals surface area (Å²) in [5.41, 5.74) is -3.54. The van der Waals surface area contributed by atoms with Crippen molar-refractivity contribution in [2.75, 3.05) is 0 Å². The van der Waals surface area contributed by atoms with E-state index in [-0.39, 0.29) is 41.6 Å². The molecule has 0 saturated heterocycles. The van der Waals surface area contributed by atoms with Crippen molar-refractivity contribution in [3.8, 4) is 5.75 Å². The number of ketones is 3. The Bertz CT molecular complexity index is 1340. The van der Waals surface area contributed by atoms with Crippen LogP contribution in [0.15, 0.2) is 35.6 Å². The van der Waals surface area contributed by atoms with Crippen LogP contribution in [-0.4, -0.2) is 43.4 Å². The zero-order chi connectivity index (χ0) is 28.0. The highest BCUT2D eigenvalue weighted by atomic mass is 16.3. The summed E-state index contributed by atoms with van der Waals surface area (Å²) in [7, 11) is 0. The fourth-order valence-electron chi connectivity index (χ4n) is 7.33. The number of carbonyl (C=O) groups is 3. The first kappa shape index (κ1) is 26.9. The number of aliphatic hydroxyl groups is 3. The maximum atomic E-state index is 14.3. The summed E-state index contributed by atoms with van der Waals surface area (Å²) in [6.45, 7) is 16.2. The lowest BCUT2D eigenvalue weighted by atomic mass is 9.43. The SMILES string of the molecule is C=C(c1ccc(O)c2c1C[C@]1(C)C[C@]3(C)C(C(C)C)C(=O)C(C(C)=O)=C(O)[C@]3(O)C(=O)C1=C2O)C(C)C. The van der Waals surface area contributed by atoms with Gasteiger partial charge in [0.25, 0.3) is 0 Å². The first-order chi connectivity index (χ1) is 17.0. The van der Waals surface area contributed by atoms with Crippen LogP contribution in [0.4, 0.5) is 0 Å². The molecule has 0 aromatic heterocycles. The number of allylic oxidation sites excluding steroid dienone is 2. The van der Waals surface area contributed by atoms with Crippen LogP contribution in [-0.2, 0) is 20.8 Å². The van der Waals surface area contributed by atoms with Gasteiger partial charge in [0, 0.05) is 22.3 Å². The van der Waals surface area contributed by atoms with E-state index in [0.29, 0.717) is 5.56 Å². The number of Topliss-reactive ketones (excluding diaryl/α,β-unsaturated/α-hetero) is 3. The molecule has 0 bridgehead atoms. The van der Waals surface area contributed by atoms with Gasteiger partial charge < -0.3 is 20.4 Å². The molecule has 0 aliphatic heterocycles. The Kier molecular flexibility index (Phi) is 5.92. The Morgan fingerprint density at radius 1 is 1.08 bits per heavy atom. The number of hydrogen-bond donors (Lipinski definition) is 4. The molecule has 3 aliphatic carbocycles. The zero-order valence-corrected chi connectivity index (χ0v) is 22.5. The van der Waals surface area contributed by atoms with Crippen molar-refractivity contribution in [2.24, 2.45) is 28.6 Å². The molecule has 1 aromatic carbocycles. The van der Waals surface area contributed by atoms with Gasteiger partial charge in [0.2, 0.25) is 5.78 Å². The van der Waals surface area contributed by atoms with Crippen LogP contribution < -0.4 is 0 Å². The number of aromatic hydroxyl groups is 1. The number of rotatable bonds is 4. The van der Waals surface area contributed by atoms with Crippen LogP contribution in [0, 0.1) is 28.6 Å². The molecular weight excluding hydrogens is 472 g/mol. The third-order valence-electron chi connectivity index (χ3n) is 8.93. The second kappa shape index (κ2) is 8.15. The highest BCUT2D eigenvalue weighted by Crippen LogP contribution is 2.65. The van der Waals surface area contributed by atoms with Crippen molar-refractivity contribution in [2.45, 2.75) is 66.9 Å². The number of phenols is 1. The molecule has 4 N–H and O–H groups in total. The second-order valence-electron chi connectivity index (χ2n) is 12.1. The number of fused-ring (bicyclic) bond motifs is 3. The van der Waals surface area contributed by atoms with E-state index in [2.05, 4.69) is 6.58 Å². The van der Waals surface area contributed by atoms with E-state index in [9.17, 15) is 34.8 Å². The van der Waals surface area contributed by atoms with E-state index in [1.54, 1.807) is 33.8 Å². The molecule has 7 heteroatoms. The molecule has 3 aliphatic rings. The molecule has 0 radical (unpaired) electrons. The predicted octanol–water partition coefficient (Wildman–Crippen LogP) is 4.86. The monoisotopic (exact) mass is 508 g/mol. The van der Waals surface area contributed by atoms with E-state index in [1.165, 1.54) is 6.07 Å². The molecule has 198 valence electrons. The molecule has 1 unspecified atom stereocenters. The van der Waals surface area contributed by atoms with Gasteiger partial charge in [0.05, 0.1) is 5.56 Å². The highest BCUT2D eigenvalue weighted by Gasteiger charge is 2.72. The van der Waals surface area contributed by atoms with Gasteiger partial charge in [-0.1, -0.05) is 54.2 Å². The van der Waals surface area contributed by atoms with Crippen molar-refractivity contribution in [3.63, 3.8) is 0 Å². The number of carbonyl (C=O) groups excluding carboxylic acids is 3. The van der Waals surface area contributed by atoms with Crippen molar-refractivity contribution in [3.05, 3.63) is 52.3 Å². The van der Waals surface area contributed by atoms with Gasteiger partial charge in [0.15, 0.2) is 17.2 Å². The Balaban J connectivity index is 2.09. The van der Waals surface area contributed by atoms with Gasteiger partial charge in [0.1, 0.15) is 22.8 Å². The molecule has 0 heterocycles. The fourth-order valence-corrected chi connectivity index (χ4v) is 7.33. The molecule has 7 nitrogen and oxygen atoms in total. The summed E-state index contributed by atoms with van der Waals surface area (Å²) < 4.78 is 0. The molecule has 1 fully saturated rings. The van der Waals surface area contributed by atoms with Crippen molar-refractivity contribution >= 4 is 28.7 Å². The Morgan fingerprint density at radius 2 is 1.68 bits per heavy atom. The summed E-state index contributed by atoms with van der Waals surface area (Å²) in [6.07, 6.45) is 0.297. The minimum atomic E-state index is -2.61. The lowest BCUT2D eigenvalue weighted by molar-refractivity contribution is -0.178. The van der Waals surface area contributed by atoms with E-state index in [4.69, 9.17) is 0 Å². The summed E-state index contributed by atoms with van der Waals surface area (Å²) >= 11 is 0. The van der Waals surface area contributed by atoms with E-state index < -0.39 is 56.8 Å². The van der Waals surface area contributed by atoms with Crippen LogP contribution in [0.25, 0.3) is 11.3 Å². The third kappa shape index (κ3) is 3.26. The molecule has 0 spiro atoms. The largest absolute Gasteiger partial charge is 0.508 e. The van der Waals surface area contributed by atoms with Gasteiger partial charge >= 0.3 is 0 Å². The van der Waals surface area contributed by atoms with E-state index >= 15 is 0 Å². The topological polar surface area (TPSA) is 132 Å². The average molecular weight is 509 g/mol. The second-order valence-corrected chi connectivity index (χ2v) is 12.1. The molecule has 4 rings (SSSR count). The maximum Gasteiger partial charge on any atom is 0.203 e. The highest BCUT2D eigenvalue weighted by molar-refractivity contribution is 6.24. The fraction of sp³-hybridized carbons (Fsp3) is 0.500. The van der Waals surface area contributed by atoms with Crippen LogP contribution in [0.3, 0.4) is 0 Å². The Morgan fingerprint density at radius 3 is 2.19 bits per heavy atom. The minimum Gasteiger partial charge on any atom is -0.508 e. The van der Waals surface area contributed by atoms with E-state index in [0.717, 1.165) is 18.1 Å². The van der Waals surface area contributed by atoms with Crippen molar-refractivity contribution < 1.29 is 34.8 Å².